The van der Waals surface area contributed by atoms with Crippen molar-refractivity contribution in [2.45, 2.75) is 49.7 Å². The highest BCUT2D eigenvalue weighted by Crippen LogP contribution is 2.52. The Morgan fingerprint density at radius 2 is 1.30 bits per heavy atom. The van der Waals surface area contributed by atoms with Gasteiger partial charge in [-0.3, -0.25) is 0 Å². The maximum atomic E-state index is 2.21. The molecule has 0 unspecified atom stereocenters. The molecule has 1 heteroatoms. The third-order valence-electron chi connectivity index (χ3n) is 2.82. The molecule has 0 nitrogen and oxygen atoms in total. The molecule has 2 fully saturated rings. The Balaban J connectivity index is 1.84. The molecule has 0 aromatic carbocycles. The molecule has 2 rings (SSSR count). The molecular weight excluding hydrogens is 140 g/mol. The lowest BCUT2D eigenvalue weighted by Crippen LogP contribution is -2.10. The lowest BCUT2D eigenvalue weighted by Gasteiger charge is -2.15. The van der Waals surface area contributed by atoms with E-state index in [1.807, 2.05) is 0 Å². The van der Waals surface area contributed by atoms with E-state index in [9.17, 15) is 0 Å². The monoisotopic (exact) mass is 156 g/mol. The first-order valence-electron chi connectivity index (χ1n) is 4.55. The van der Waals surface area contributed by atoms with Crippen molar-refractivity contribution >= 4 is 11.8 Å². The minimum Gasteiger partial charge on any atom is -0.153 e. The van der Waals surface area contributed by atoms with Gasteiger partial charge in [0.1, 0.15) is 0 Å². The largest absolute Gasteiger partial charge is 0.153 e. The Morgan fingerprint density at radius 3 is 1.80 bits per heavy atom. The first-order chi connectivity index (χ1) is 4.91. The van der Waals surface area contributed by atoms with Crippen molar-refractivity contribution in [3.63, 3.8) is 0 Å². The molecule has 2 aliphatic rings. The van der Waals surface area contributed by atoms with Crippen LogP contribution in [0.1, 0.15) is 44.9 Å². The van der Waals surface area contributed by atoms with Gasteiger partial charge in [0, 0.05) is 10.5 Å². The molecule has 1 aliphatic carbocycles. The van der Waals surface area contributed by atoms with E-state index in [1.165, 1.54) is 50.7 Å². The second kappa shape index (κ2) is 2.77. The van der Waals surface area contributed by atoms with Crippen molar-refractivity contribution in [3.8, 4) is 0 Å². The number of rotatable bonds is 0. The molecule has 0 atom stereocenters. The summed E-state index contributed by atoms with van der Waals surface area (Å²) in [6.07, 6.45) is 10.6. The molecule has 0 N–H and O–H groups in total. The van der Waals surface area contributed by atoms with Gasteiger partial charge >= 0.3 is 0 Å². The molecule has 0 amide bonds. The molecule has 1 saturated heterocycles. The Hall–Kier alpha value is 0.350. The summed E-state index contributed by atoms with van der Waals surface area (Å²) in [4.78, 5) is 0. The van der Waals surface area contributed by atoms with Gasteiger partial charge in [-0.05, 0) is 12.8 Å². The lowest BCUT2D eigenvalue weighted by molar-refractivity contribution is 0.466. The molecule has 10 heavy (non-hydrogen) atoms. The number of hydrogen-bond acceptors (Lipinski definition) is 1. The van der Waals surface area contributed by atoms with Gasteiger partial charge < -0.3 is 0 Å². The van der Waals surface area contributed by atoms with E-state index in [1.54, 1.807) is 0 Å². The van der Waals surface area contributed by atoms with Crippen molar-refractivity contribution in [2.75, 3.05) is 5.75 Å². The van der Waals surface area contributed by atoms with Crippen LogP contribution in [0.2, 0.25) is 0 Å². The van der Waals surface area contributed by atoms with Crippen LogP contribution in [0.3, 0.4) is 0 Å². The predicted molar refractivity (Wildman–Crippen MR) is 47.5 cm³/mol. The third-order valence-corrected chi connectivity index (χ3v) is 4.33. The van der Waals surface area contributed by atoms with Gasteiger partial charge in [-0.2, -0.15) is 11.8 Å². The molecule has 1 spiro atoms. The summed E-state index contributed by atoms with van der Waals surface area (Å²) in [5, 5.41) is 0. The van der Waals surface area contributed by atoms with Crippen LogP contribution in [0.5, 0.6) is 0 Å². The van der Waals surface area contributed by atoms with Crippen molar-refractivity contribution in [3.05, 3.63) is 0 Å². The molecule has 1 heterocycles. The highest BCUT2D eigenvalue weighted by Gasteiger charge is 2.42. The fourth-order valence-electron chi connectivity index (χ4n) is 1.94. The molecule has 1 saturated carbocycles. The van der Waals surface area contributed by atoms with Gasteiger partial charge in [0.25, 0.3) is 0 Å². The van der Waals surface area contributed by atoms with E-state index in [0.29, 0.717) is 0 Å². The zero-order valence-electron chi connectivity index (χ0n) is 6.57. The normalized spacial score (nSPS) is 31.2. The average molecular weight is 156 g/mol. The zero-order chi connectivity index (χ0) is 6.86. The van der Waals surface area contributed by atoms with Gasteiger partial charge in [-0.25, -0.2) is 0 Å². The maximum Gasteiger partial charge on any atom is 0.0251 e. The average Bonchev–Trinajstić information content (AvgIpc) is 2.61. The molecule has 58 valence electrons. The van der Waals surface area contributed by atoms with Crippen LogP contribution < -0.4 is 0 Å². The van der Waals surface area contributed by atoms with E-state index in [2.05, 4.69) is 11.8 Å². The van der Waals surface area contributed by atoms with E-state index in [4.69, 9.17) is 0 Å². The topological polar surface area (TPSA) is 0 Å². The van der Waals surface area contributed by atoms with Gasteiger partial charge in [-0.15, -0.1) is 0 Å². The van der Waals surface area contributed by atoms with E-state index >= 15 is 0 Å². The van der Waals surface area contributed by atoms with Gasteiger partial charge in [0.05, 0.1) is 0 Å². The summed E-state index contributed by atoms with van der Waals surface area (Å²) in [5.74, 6) is 1.48. The van der Waals surface area contributed by atoms with Crippen LogP contribution in [0.25, 0.3) is 0 Å². The van der Waals surface area contributed by atoms with Crippen LogP contribution in [-0.4, -0.2) is 10.5 Å². The zero-order valence-corrected chi connectivity index (χ0v) is 7.38. The van der Waals surface area contributed by atoms with Crippen LogP contribution in [0.15, 0.2) is 0 Å². The second-order valence-electron chi connectivity index (χ2n) is 3.74. The number of hydrogen-bond donors (Lipinski definition) is 0. The van der Waals surface area contributed by atoms with Gasteiger partial charge in [-0.1, -0.05) is 32.1 Å². The first kappa shape index (κ1) is 7.02. The van der Waals surface area contributed by atoms with E-state index in [0.717, 1.165) is 4.75 Å². The Morgan fingerprint density at radius 1 is 0.800 bits per heavy atom. The van der Waals surface area contributed by atoms with Crippen molar-refractivity contribution in [1.29, 1.82) is 0 Å². The van der Waals surface area contributed by atoms with E-state index in [-0.39, 0.29) is 0 Å². The van der Waals surface area contributed by atoms with Gasteiger partial charge in [0.15, 0.2) is 0 Å². The summed E-state index contributed by atoms with van der Waals surface area (Å²) in [5.41, 5.74) is 0. The van der Waals surface area contributed by atoms with Crippen molar-refractivity contribution in [2.24, 2.45) is 0 Å². The molecule has 0 radical (unpaired) electrons. The quantitative estimate of drug-likeness (QED) is 0.485. The SMILES string of the molecule is C1CCCC2(CCC1)CS2. The Bertz CT molecular complexity index is 106. The van der Waals surface area contributed by atoms with Crippen molar-refractivity contribution < 1.29 is 0 Å². The highest BCUT2D eigenvalue weighted by molar-refractivity contribution is 8.07. The van der Waals surface area contributed by atoms with E-state index < -0.39 is 0 Å². The summed E-state index contributed by atoms with van der Waals surface area (Å²) in [6.45, 7) is 0. The molecule has 0 aromatic rings. The molecule has 0 aromatic heterocycles. The molecule has 0 bridgehead atoms. The lowest BCUT2D eigenvalue weighted by atomic mass is 9.93. The van der Waals surface area contributed by atoms with Crippen LogP contribution in [-0.2, 0) is 0 Å². The van der Waals surface area contributed by atoms with Crippen LogP contribution >= 0.6 is 11.8 Å². The second-order valence-corrected chi connectivity index (χ2v) is 5.18. The fraction of sp³-hybridized carbons (Fsp3) is 1.00. The maximum absolute atomic E-state index is 2.21. The molecular formula is C9H16S. The first-order valence-corrected chi connectivity index (χ1v) is 5.54. The summed E-state index contributed by atoms with van der Waals surface area (Å²) >= 11 is 2.21. The fourth-order valence-corrected chi connectivity index (χ4v) is 3.01. The Kier molecular flexibility index (Phi) is 1.94. The summed E-state index contributed by atoms with van der Waals surface area (Å²) in [6, 6.07) is 0. The van der Waals surface area contributed by atoms with Crippen molar-refractivity contribution in [1.82, 2.24) is 0 Å². The standard InChI is InChI=1S/C9H16S/c1-2-4-6-9(8-10-9)7-5-3-1/h1-8H2. The molecule has 1 aliphatic heterocycles. The Labute approximate surface area is 67.8 Å². The minimum atomic E-state index is 0.820. The highest BCUT2D eigenvalue weighted by atomic mass is 32.2. The summed E-state index contributed by atoms with van der Waals surface area (Å²) < 4.78 is 0.820. The smallest absolute Gasteiger partial charge is 0.0251 e. The minimum absolute atomic E-state index is 0.820. The summed E-state index contributed by atoms with van der Waals surface area (Å²) in [7, 11) is 0. The van der Waals surface area contributed by atoms with Crippen LogP contribution in [0.4, 0.5) is 0 Å². The van der Waals surface area contributed by atoms with Gasteiger partial charge in [0.2, 0.25) is 0 Å². The van der Waals surface area contributed by atoms with Crippen LogP contribution in [0, 0.1) is 0 Å². The third kappa shape index (κ3) is 1.50. The predicted octanol–water partition coefficient (Wildman–Crippen LogP) is 3.22. The number of thioether (sulfide) groups is 1.